The average molecular weight is 358 g/mol. The standard InChI is InChI=1S/C16H18N6O4/c1-9(23)14-16(26)18-7-13(24)17-6-10-8-22(21-20-10)12-5-3-2-4-11(12)15(25)19-14/h2-5,8-9,14,23H,6-7H2,1H3,(H,17,24)(H,18,26)(H,19,25)/t9-,14+/m1/s1. The maximum Gasteiger partial charge on any atom is 0.254 e. The monoisotopic (exact) mass is 358 g/mol. The van der Waals surface area contributed by atoms with Crippen LogP contribution < -0.4 is 16.0 Å². The fraction of sp³-hybridized carbons (Fsp3) is 0.312. The van der Waals surface area contributed by atoms with Crippen LogP contribution in [0.3, 0.4) is 0 Å². The predicted molar refractivity (Wildman–Crippen MR) is 89.2 cm³/mol. The molecule has 1 aliphatic heterocycles. The van der Waals surface area contributed by atoms with Gasteiger partial charge in [-0.15, -0.1) is 5.10 Å². The number of amides is 3. The third-order valence-corrected chi connectivity index (χ3v) is 3.88. The summed E-state index contributed by atoms with van der Waals surface area (Å²) < 4.78 is 1.42. The molecule has 2 heterocycles. The minimum Gasteiger partial charge on any atom is -0.391 e. The second kappa shape index (κ2) is 7.31. The van der Waals surface area contributed by atoms with E-state index in [-0.39, 0.29) is 18.7 Å². The lowest BCUT2D eigenvalue weighted by molar-refractivity contribution is -0.128. The van der Waals surface area contributed by atoms with Crippen LogP contribution in [0.1, 0.15) is 23.0 Å². The summed E-state index contributed by atoms with van der Waals surface area (Å²) in [7, 11) is 0. The minimum atomic E-state index is -1.21. The molecular weight excluding hydrogens is 340 g/mol. The minimum absolute atomic E-state index is 0.128. The number of carbonyl (C=O) groups excluding carboxylic acids is 3. The van der Waals surface area contributed by atoms with Gasteiger partial charge in [0.05, 0.1) is 36.6 Å². The average Bonchev–Trinajstić information content (AvgIpc) is 3.10. The van der Waals surface area contributed by atoms with E-state index in [1.54, 1.807) is 30.5 Å². The molecule has 136 valence electrons. The second-order valence-corrected chi connectivity index (χ2v) is 5.86. The number of rotatable bonds is 1. The Bertz CT molecular complexity index is 847. The molecule has 0 saturated carbocycles. The van der Waals surface area contributed by atoms with Gasteiger partial charge in [-0.1, -0.05) is 17.3 Å². The van der Waals surface area contributed by atoms with Crippen LogP contribution in [-0.2, 0) is 16.1 Å². The zero-order valence-electron chi connectivity index (χ0n) is 14.0. The molecule has 2 bridgehead atoms. The summed E-state index contributed by atoms with van der Waals surface area (Å²) in [6.45, 7) is 1.22. The largest absolute Gasteiger partial charge is 0.391 e. The van der Waals surface area contributed by atoms with Gasteiger partial charge >= 0.3 is 0 Å². The molecule has 10 heteroatoms. The number of nitrogens with zero attached hydrogens (tertiary/aromatic N) is 3. The van der Waals surface area contributed by atoms with E-state index in [0.29, 0.717) is 11.4 Å². The zero-order valence-corrected chi connectivity index (χ0v) is 14.0. The predicted octanol–water partition coefficient (Wildman–Crippen LogP) is -1.51. The third kappa shape index (κ3) is 3.70. The second-order valence-electron chi connectivity index (χ2n) is 5.86. The smallest absolute Gasteiger partial charge is 0.254 e. The van der Waals surface area contributed by atoms with Crippen molar-refractivity contribution in [2.45, 2.75) is 25.6 Å². The summed E-state index contributed by atoms with van der Waals surface area (Å²) in [6.07, 6.45) is 0.447. The van der Waals surface area contributed by atoms with Crippen LogP contribution in [0.2, 0.25) is 0 Å². The van der Waals surface area contributed by atoms with Crippen LogP contribution in [-0.4, -0.2) is 56.5 Å². The summed E-state index contributed by atoms with van der Waals surface area (Å²) in [6, 6.07) is 5.46. The van der Waals surface area contributed by atoms with Crippen molar-refractivity contribution >= 4 is 17.7 Å². The summed E-state index contributed by atoms with van der Waals surface area (Å²) in [4.78, 5) is 36.7. The first-order chi connectivity index (χ1) is 12.5. The van der Waals surface area contributed by atoms with Gasteiger partial charge in [-0.3, -0.25) is 14.4 Å². The van der Waals surface area contributed by atoms with Gasteiger partial charge in [0.2, 0.25) is 11.8 Å². The topological polar surface area (TPSA) is 138 Å². The Kier molecular flexibility index (Phi) is 4.94. The van der Waals surface area contributed by atoms with Crippen molar-refractivity contribution in [2.24, 2.45) is 0 Å². The van der Waals surface area contributed by atoms with E-state index >= 15 is 0 Å². The molecule has 4 N–H and O–H groups in total. The number of aliphatic hydroxyl groups is 1. The lowest BCUT2D eigenvalue weighted by Crippen LogP contribution is -2.53. The van der Waals surface area contributed by atoms with E-state index in [1.165, 1.54) is 11.6 Å². The van der Waals surface area contributed by atoms with Crippen LogP contribution in [0, 0.1) is 0 Å². The molecule has 2 atom stereocenters. The summed E-state index contributed by atoms with van der Waals surface area (Å²) in [5.74, 6) is -1.64. The number of aliphatic hydroxyl groups excluding tert-OH is 1. The Morgan fingerprint density at radius 1 is 1.19 bits per heavy atom. The van der Waals surface area contributed by atoms with Crippen LogP contribution >= 0.6 is 0 Å². The fourth-order valence-corrected chi connectivity index (χ4v) is 2.52. The lowest BCUT2D eigenvalue weighted by atomic mass is 10.1. The fourth-order valence-electron chi connectivity index (χ4n) is 2.52. The zero-order chi connectivity index (χ0) is 18.7. The molecule has 0 saturated heterocycles. The summed E-state index contributed by atoms with van der Waals surface area (Å²) >= 11 is 0. The van der Waals surface area contributed by atoms with Crippen molar-refractivity contribution in [1.29, 1.82) is 0 Å². The molecule has 1 aromatic heterocycles. The highest BCUT2D eigenvalue weighted by molar-refractivity contribution is 6.00. The number of fused-ring (bicyclic) bond motifs is 4. The van der Waals surface area contributed by atoms with E-state index in [4.69, 9.17) is 0 Å². The molecule has 0 spiro atoms. The Morgan fingerprint density at radius 3 is 2.73 bits per heavy atom. The maximum absolute atomic E-state index is 12.7. The van der Waals surface area contributed by atoms with E-state index in [1.807, 2.05) is 0 Å². The summed E-state index contributed by atoms with van der Waals surface area (Å²) in [5.41, 5.74) is 1.22. The van der Waals surface area contributed by atoms with Crippen molar-refractivity contribution in [1.82, 2.24) is 30.9 Å². The number of carbonyl (C=O) groups is 3. The van der Waals surface area contributed by atoms with E-state index in [9.17, 15) is 19.5 Å². The Labute approximate surface area is 148 Å². The number of hydrogen-bond donors (Lipinski definition) is 4. The number of nitrogens with one attached hydrogen (secondary N) is 3. The van der Waals surface area contributed by atoms with Crippen molar-refractivity contribution in [3.63, 3.8) is 0 Å². The van der Waals surface area contributed by atoms with Gasteiger partial charge in [0, 0.05) is 0 Å². The molecule has 0 fully saturated rings. The Balaban J connectivity index is 2.02. The molecular formula is C16H18N6O4. The molecule has 3 rings (SSSR count). The first-order valence-corrected chi connectivity index (χ1v) is 7.99. The molecule has 2 aromatic rings. The highest BCUT2D eigenvalue weighted by atomic mass is 16.3. The molecule has 3 amide bonds. The lowest BCUT2D eigenvalue weighted by Gasteiger charge is -2.21. The number of aromatic nitrogens is 3. The third-order valence-electron chi connectivity index (χ3n) is 3.88. The molecule has 1 aromatic carbocycles. The molecule has 0 unspecified atom stereocenters. The quantitative estimate of drug-likeness (QED) is 0.489. The number of para-hydroxylation sites is 1. The van der Waals surface area contributed by atoms with Gasteiger partial charge in [-0.05, 0) is 19.1 Å². The Morgan fingerprint density at radius 2 is 1.96 bits per heavy atom. The van der Waals surface area contributed by atoms with Crippen molar-refractivity contribution < 1.29 is 19.5 Å². The van der Waals surface area contributed by atoms with Crippen LogP contribution in [0.5, 0.6) is 0 Å². The molecule has 26 heavy (non-hydrogen) atoms. The van der Waals surface area contributed by atoms with Gasteiger partial charge in [-0.2, -0.15) is 0 Å². The summed E-state index contributed by atoms with van der Waals surface area (Å²) in [5, 5.41) is 25.3. The highest BCUT2D eigenvalue weighted by Crippen LogP contribution is 2.14. The van der Waals surface area contributed by atoms with Crippen molar-refractivity contribution in [2.75, 3.05) is 6.54 Å². The molecule has 0 aliphatic carbocycles. The van der Waals surface area contributed by atoms with E-state index in [0.717, 1.165) is 0 Å². The SMILES string of the molecule is C[C@@H](O)[C@@H]1NC(=O)c2ccccc2-n2cc(nn2)CNC(=O)CNC1=O. The van der Waals surface area contributed by atoms with E-state index < -0.39 is 29.9 Å². The molecule has 0 radical (unpaired) electrons. The Hall–Kier alpha value is -3.27. The van der Waals surface area contributed by atoms with Crippen molar-refractivity contribution in [3.05, 3.63) is 41.7 Å². The highest BCUT2D eigenvalue weighted by Gasteiger charge is 2.27. The number of benzene rings is 1. The van der Waals surface area contributed by atoms with Crippen molar-refractivity contribution in [3.8, 4) is 5.69 Å². The van der Waals surface area contributed by atoms with Gasteiger partial charge < -0.3 is 21.1 Å². The van der Waals surface area contributed by atoms with Gasteiger partial charge in [0.1, 0.15) is 11.7 Å². The van der Waals surface area contributed by atoms with Gasteiger partial charge in [0.15, 0.2) is 0 Å². The van der Waals surface area contributed by atoms with Crippen LogP contribution in [0.15, 0.2) is 30.5 Å². The normalized spacial score (nSPS) is 19.5. The van der Waals surface area contributed by atoms with E-state index in [2.05, 4.69) is 26.3 Å². The molecule has 10 nitrogen and oxygen atoms in total. The number of hydrogen-bond acceptors (Lipinski definition) is 6. The van der Waals surface area contributed by atoms with Crippen LogP contribution in [0.25, 0.3) is 5.69 Å². The first-order valence-electron chi connectivity index (χ1n) is 7.99. The molecule has 1 aliphatic rings. The maximum atomic E-state index is 12.7. The van der Waals surface area contributed by atoms with Gasteiger partial charge in [-0.25, -0.2) is 4.68 Å². The first kappa shape index (κ1) is 17.5. The van der Waals surface area contributed by atoms with Gasteiger partial charge in [0.25, 0.3) is 5.91 Å². The van der Waals surface area contributed by atoms with Crippen LogP contribution in [0.4, 0.5) is 0 Å².